The molecule has 0 spiro atoms. The molecular formula is C16H24N2O. The first-order valence-corrected chi connectivity index (χ1v) is 7.41. The first-order chi connectivity index (χ1) is 9.28. The van der Waals surface area contributed by atoms with Gasteiger partial charge in [-0.3, -0.25) is 4.90 Å². The Morgan fingerprint density at radius 3 is 2.89 bits per heavy atom. The number of piperazine rings is 1. The van der Waals surface area contributed by atoms with Crippen LogP contribution in [0, 0.1) is 6.92 Å². The summed E-state index contributed by atoms with van der Waals surface area (Å²) in [5.41, 5.74) is 2.58. The molecule has 0 N–H and O–H groups in total. The van der Waals surface area contributed by atoms with Crippen molar-refractivity contribution in [2.24, 2.45) is 0 Å². The molecule has 2 fully saturated rings. The van der Waals surface area contributed by atoms with Crippen molar-refractivity contribution >= 4 is 5.69 Å². The lowest BCUT2D eigenvalue weighted by Gasteiger charge is -2.45. The Kier molecular flexibility index (Phi) is 3.65. The van der Waals surface area contributed by atoms with Crippen molar-refractivity contribution in [2.45, 2.75) is 32.2 Å². The zero-order valence-corrected chi connectivity index (χ0v) is 12.1. The van der Waals surface area contributed by atoms with Gasteiger partial charge in [0.25, 0.3) is 0 Å². The molecule has 2 saturated heterocycles. The Bertz CT molecular complexity index is 446. The molecule has 0 radical (unpaired) electrons. The van der Waals surface area contributed by atoms with E-state index in [1.54, 1.807) is 7.11 Å². The van der Waals surface area contributed by atoms with Gasteiger partial charge in [-0.05, 0) is 44.0 Å². The topological polar surface area (TPSA) is 15.7 Å². The molecule has 0 aliphatic carbocycles. The van der Waals surface area contributed by atoms with E-state index in [-0.39, 0.29) is 0 Å². The Hall–Kier alpha value is -1.22. The van der Waals surface area contributed by atoms with E-state index in [0.717, 1.165) is 24.9 Å². The molecule has 2 aliphatic rings. The molecule has 1 aromatic carbocycles. The van der Waals surface area contributed by atoms with Crippen molar-refractivity contribution < 1.29 is 4.74 Å². The van der Waals surface area contributed by atoms with Gasteiger partial charge in [-0.2, -0.15) is 0 Å². The summed E-state index contributed by atoms with van der Waals surface area (Å²) in [6.07, 6.45) is 4.12. The van der Waals surface area contributed by atoms with E-state index in [9.17, 15) is 0 Å². The summed E-state index contributed by atoms with van der Waals surface area (Å²) in [5, 5.41) is 0. The van der Waals surface area contributed by atoms with Crippen LogP contribution in [0.25, 0.3) is 0 Å². The van der Waals surface area contributed by atoms with Crippen LogP contribution < -0.4 is 9.64 Å². The third kappa shape index (κ3) is 2.57. The number of piperidine rings is 1. The summed E-state index contributed by atoms with van der Waals surface area (Å²) in [6, 6.07) is 7.22. The fraction of sp³-hybridized carbons (Fsp3) is 0.625. The second-order valence-corrected chi connectivity index (χ2v) is 5.81. The quantitative estimate of drug-likeness (QED) is 0.813. The van der Waals surface area contributed by atoms with Crippen LogP contribution in [0.1, 0.15) is 24.8 Å². The smallest absolute Gasteiger partial charge is 0.142 e. The Balaban J connectivity index is 1.80. The van der Waals surface area contributed by atoms with E-state index in [1.807, 2.05) is 0 Å². The molecule has 3 heteroatoms. The van der Waals surface area contributed by atoms with Crippen LogP contribution in [0.3, 0.4) is 0 Å². The molecule has 19 heavy (non-hydrogen) atoms. The molecule has 1 unspecified atom stereocenters. The average Bonchev–Trinajstić information content (AvgIpc) is 2.46. The Morgan fingerprint density at radius 2 is 2.05 bits per heavy atom. The maximum atomic E-state index is 5.53. The molecule has 3 rings (SSSR count). The number of rotatable bonds is 2. The van der Waals surface area contributed by atoms with E-state index < -0.39 is 0 Å². The SMILES string of the molecule is COc1ccc(C)cc1N1CCN2CCCCC2C1. The minimum atomic E-state index is 0.743. The number of aryl methyl sites for hydroxylation is 1. The van der Waals surface area contributed by atoms with Gasteiger partial charge >= 0.3 is 0 Å². The van der Waals surface area contributed by atoms with E-state index in [0.29, 0.717) is 0 Å². The lowest BCUT2D eigenvalue weighted by molar-refractivity contribution is 0.133. The summed E-state index contributed by atoms with van der Waals surface area (Å²) in [5.74, 6) is 1.01. The lowest BCUT2D eigenvalue weighted by Crippen LogP contribution is -2.55. The van der Waals surface area contributed by atoms with E-state index in [1.165, 1.54) is 43.6 Å². The van der Waals surface area contributed by atoms with Gasteiger partial charge in [-0.15, -0.1) is 0 Å². The van der Waals surface area contributed by atoms with Crippen molar-refractivity contribution in [3.8, 4) is 5.75 Å². The molecule has 0 saturated carbocycles. The summed E-state index contributed by atoms with van der Waals surface area (Å²) in [7, 11) is 1.77. The van der Waals surface area contributed by atoms with Gasteiger partial charge in [0.1, 0.15) is 5.75 Å². The van der Waals surface area contributed by atoms with Crippen LogP contribution in [0.2, 0.25) is 0 Å². The van der Waals surface area contributed by atoms with Crippen LogP contribution in [0.4, 0.5) is 5.69 Å². The van der Waals surface area contributed by atoms with Crippen molar-refractivity contribution in [2.75, 3.05) is 38.2 Å². The highest BCUT2D eigenvalue weighted by Crippen LogP contribution is 2.32. The zero-order chi connectivity index (χ0) is 13.2. The number of methoxy groups -OCH3 is 1. The predicted octanol–water partition coefficient (Wildman–Crippen LogP) is 2.68. The van der Waals surface area contributed by atoms with Crippen molar-refractivity contribution in [1.82, 2.24) is 4.90 Å². The second kappa shape index (κ2) is 5.41. The molecule has 2 heterocycles. The molecule has 3 nitrogen and oxygen atoms in total. The van der Waals surface area contributed by atoms with E-state index in [2.05, 4.69) is 34.9 Å². The maximum Gasteiger partial charge on any atom is 0.142 e. The first kappa shape index (κ1) is 12.8. The molecular weight excluding hydrogens is 236 g/mol. The fourth-order valence-electron chi connectivity index (χ4n) is 3.42. The average molecular weight is 260 g/mol. The minimum Gasteiger partial charge on any atom is -0.495 e. The van der Waals surface area contributed by atoms with Crippen LogP contribution in [0.15, 0.2) is 18.2 Å². The number of nitrogens with zero attached hydrogens (tertiary/aromatic N) is 2. The van der Waals surface area contributed by atoms with Gasteiger partial charge in [0.2, 0.25) is 0 Å². The first-order valence-electron chi connectivity index (χ1n) is 7.41. The predicted molar refractivity (Wildman–Crippen MR) is 79.2 cm³/mol. The van der Waals surface area contributed by atoms with Gasteiger partial charge in [0, 0.05) is 25.7 Å². The van der Waals surface area contributed by atoms with Crippen LogP contribution in [0.5, 0.6) is 5.75 Å². The minimum absolute atomic E-state index is 0.743. The number of ether oxygens (including phenoxy) is 1. The Labute approximate surface area is 116 Å². The zero-order valence-electron chi connectivity index (χ0n) is 12.1. The van der Waals surface area contributed by atoms with Crippen molar-refractivity contribution in [3.05, 3.63) is 23.8 Å². The normalized spacial score (nSPS) is 24.1. The Morgan fingerprint density at radius 1 is 1.16 bits per heavy atom. The summed E-state index contributed by atoms with van der Waals surface area (Å²) in [4.78, 5) is 5.18. The molecule has 0 bridgehead atoms. The van der Waals surface area contributed by atoms with Crippen molar-refractivity contribution in [3.63, 3.8) is 0 Å². The molecule has 1 aromatic rings. The number of fused-ring (bicyclic) bond motifs is 1. The molecule has 0 aromatic heterocycles. The summed E-state index contributed by atoms with van der Waals surface area (Å²) >= 11 is 0. The highest BCUT2D eigenvalue weighted by atomic mass is 16.5. The van der Waals surface area contributed by atoms with Gasteiger partial charge in [0.15, 0.2) is 0 Å². The number of anilines is 1. The van der Waals surface area contributed by atoms with E-state index >= 15 is 0 Å². The van der Waals surface area contributed by atoms with E-state index in [4.69, 9.17) is 4.74 Å². The van der Waals surface area contributed by atoms with Gasteiger partial charge in [-0.25, -0.2) is 0 Å². The third-order valence-corrected chi connectivity index (χ3v) is 4.51. The largest absolute Gasteiger partial charge is 0.495 e. The summed E-state index contributed by atoms with van der Waals surface area (Å²) < 4.78 is 5.53. The second-order valence-electron chi connectivity index (χ2n) is 5.81. The van der Waals surface area contributed by atoms with Crippen molar-refractivity contribution in [1.29, 1.82) is 0 Å². The summed E-state index contributed by atoms with van der Waals surface area (Å²) in [6.45, 7) is 6.92. The maximum absolute atomic E-state index is 5.53. The number of hydrogen-bond acceptors (Lipinski definition) is 3. The number of hydrogen-bond donors (Lipinski definition) is 0. The standard InChI is InChI=1S/C16H24N2O/c1-13-6-7-16(19-2)15(11-13)18-10-9-17-8-4-3-5-14(17)12-18/h6-7,11,14H,3-5,8-10,12H2,1-2H3. The molecule has 1 atom stereocenters. The van der Waals surface area contributed by atoms with Gasteiger partial charge < -0.3 is 9.64 Å². The van der Waals surface area contributed by atoms with Gasteiger partial charge in [0.05, 0.1) is 12.8 Å². The number of benzene rings is 1. The fourth-order valence-corrected chi connectivity index (χ4v) is 3.42. The van der Waals surface area contributed by atoms with Crippen LogP contribution in [-0.4, -0.2) is 44.2 Å². The van der Waals surface area contributed by atoms with Crippen LogP contribution >= 0.6 is 0 Å². The lowest BCUT2D eigenvalue weighted by atomic mass is 9.99. The highest BCUT2D eigenvalue weighted by molar-refractivity contribution is 5.60. The van der Waals surface area contributed by atoms with Gasteiger partial charge in [-0.1, -0.05) is 12.5 Å². The monoisotopic (exact) mass is 260 g/mol. The van der Waals surface area contributed by atoms with Crippen LogP contribution in [-0.2, 0) is 0 Å². The molecule has 104 valence electrons. The molecule has 0 amide bonds. The molecule has 2 aliphatic heterocycles. The third-order valence-electron chi connectivity index (χ3n) is 4.51. The highest BCUT2D eigenvalue weighted by Gasteiger charge is 2.29.